The summed E-state index contributed by atoms with van der Waals surface area (Å²) in [5, 5.41) is 13.6. The predicted octanol–water partition coefficient (Wildman–Crippen LogP) is 2.63. The van der Waals surface area contributed by atoms with Crippen LogP contribution in [-0.4, -0.2) is 42.3 Å². The Hall–Kier alpha value is -1.32. The minimum absolute atomic E-state index is 0.638. The molecule has 0 saturated carbocycles. The van der Waals surface area contributed by atoms with E-state index >= 15 is 0 Å². The second-order valence-corrected chi connectivity index (χ2v) is 5.49. The summed E-state index contributed by atoms with van der Waals surface area (Å²) in [6, 6.07) is 0. The van der Waals surface area contributed by atoms with Crippen LogP contribution in [0.5, 0.6) is 0 Å². The van der Waals surface area contributed by atoms with Crippen LogP contribution in [0, 0.1) is 0 Å². The Balaban J connectivity index is 2.87. The van der Waals surface area contributed by atoms with Crippen LogP contribution >= 0.6 is 0 Å². The molecule has 0 aromatic carbocycles. The fraction of sp³-hybridized carbons (Fsp3) is 0.529. The zero-order chi connectivity index (χ0) is 15.0. The highest BCUT2D eigenvalue weighted by Gasteiger charge is 2.26. The summed E-state index contributed by atoms with van der Waals surface area (Å²) >= 11 is 0. The standard InChI is InChI=1S/C17H28N2O/c1-5-8-15-10-7-13-19(16(15)9-6-2)14-17(3,20)11-12-18-4/h5,7-10,18,20H,1,6,11-14H2,2-4H3/b15-8-,16-9+. The van der Waals surface area contributed by atoms with Crippen LogP contribution in [0.3, 0.4) is 0 Å². The Morgan fingerprint density at radius 1 is 1.55 bits per heavy atom. The Bertz CT molecular complexity index is 405. The van der Waals surface area contributed by atoms with Crippen molar-refractivity contribution in [1.29, 1.82) is 0 Å². The molecule has 0 aliphatic carbocycles. The highest BCUT2D eigenvalue weighted by atomic mass is 16.3. The van der Waals surface area contributed by atoms with Gasteiger partial charge in [0.15, 0.2) is 0 Å². The number of aliphatic hydroxyl groups is 1. The number of β-amino-alcohol motifs (C(OH)–C–C–N with tert-alkyl or cyclic N) is 1. The molecule has 1 aliphatic heterocycles. The Morgan fingerprint density at radius 3 is 2.90 bits per heavy atom. The molecule has 112 valence electrons. The van der Waals surface area contributed by atoms with Gasteiger partial charge in [-0.2, -0.15) is 0 Å². The maximum absolute atomic E-state index is 10.5. The van der Waals surface area contributed by atoms with Crippen LogP contribution < -0.4 is 5.32 Å². The zero-order valence-electron chi connectivity index (χ0n) is 13.0. The first-order valence-electron chi connectivity index (χ1n) is 7.35. The Labute approximate surface area is 123 Å². The number of hydrogen-bond acceptors (Lipinski definition) is 3. The maximum Gasteiger partial charge on any atom is 0.0806 e. The third-order valence-electron chi connectivity index (χ3n) is 3.40. The highest BCUT2D eigenvalue weighted by molar-refractivity contribution is 5.43. The molecule has 0 fully saturated rings. The van der Waals surface area contributed by atoms with E-state index in [1.165, 1.54) is 5.70 Å². The van der Waals surface area contributed by atoms with Gasteiger partial charge in [0.1, 0.15) is 0 Å². The fourth-order valence-electron chi connectivity index (χ4n) is 2.42. The molecule has 1 aliphatic rings. The lowest BCUT2D eigenvalue weighted by atomic mass is 9.98. The summed E-state index contributed by atoms with van der Waals surface area (Å²) in [7, 11) is 1.91. The van der Waals surface area contributed by atoms with E-state index in [2.05, 4.69) is 41.9 Å². The molecule has 0 spiro atoms. The molecule has 0 amide bonds. The van der Waals surface area contributed by atoms with Crippen molar-refractivity contribution in [2.45, 2.75) is 32.3 Å². The minimum Gasteiger partial charge on any atom is -0.388 e. The van der Waals surface area contributed by atoms with Crippen molar-refractivity contribution in [3.63, 3.8) is 0 Å². The van der Waals surface area contributed by atoms with E-state index in [0.29, 0.717) is 6.54 Å². The summed E-state index contributed by atoms with van der Waals surface area (Å²) in [5.41, 5.74) is 1.66. The first kappa shape index (κ1) is 16.7. The van der Waals surface area contributed by atoms with Gasteiger partial charge < -0.3 is 15.3 Å². The van der Waals surface area contributed by atoms with Gasteiger partial charge in [0, 0.05) is 18.8 Å². The molecule has 20 heavy (non-hydrogen) atoms. The number of hydrogen-bond donors (Lipinski definition) is 2. The molecule has 0 bridgehead atoms. The molecular formula is C17H28N2O. The lowest BCUT2D eigenvalue weighted by molar-refractivity contribution is 0.0249. The molecule has 1 heterocycles. The van der Waals surface area contributed by atoms with Crippen molar-refractivity contribution >= 4 is 0 Å². The third-order valence-corrected chi connectivity index (χ3v) is 3.40. The second-order valence-electron chi connectivity index (χ2n) is 5.49. The summed E-state index contributed by atoms with van der Waals surface area (Å²) < 4.78 is 0. The van der Waals surface area contributed by atoms with Gasteiger partial charge in [-0.25, -0.2) is 0 Å². The van der Waals surface area contributed by atoms with Gasteiger partial charge in [-0.1, -0.05) is 43.9 Å². The van der Waals surface area contributed by atoms with Crippen molar-refractivity contribution in [1.82, 2.24) is 10.2 Å². The smallest absolute Gasteiger partial charge is 0.0806 e. The number of allylic oxidation sites excluding steroid dienone is 4. The molecule has 0 aromatic rings. The quantitative estimate of drug-likeness (QED) is 0.750. The third kappa shape index (κ3) is 4.99. The van der Waals surface area contributed by atoms with Crippen molar-refractivity contribution in [2.24, 2.45) is 0 Å². The molecular weight excluding hydrogens is 248 g/mol. The van der Waals surface area contributed by atoms with Gasteiger partial charge in [-0.05, 0) is 38.9 Å². The van der Waals surface area contributed by atoms with Crippen molar-refractivity contribution < 1.29 is 5.11 Å². The van der Waals surface area contributed by atoms with Gasteiger partial charge >= 0.3 is 0 Å². The van der Waals surface area contributed by atoms with Gasteiger partial charge in [-0.3, -0.25) is 0 Å². The molecule has 1 unspecified atom stereocenters. The normalized spacial score (nSPS) is 22.3. The molecule has 1 atom stereocenters. The van der Waals surface area contributed by atoms with Crippen LogP contribution in [0.1, 0.15) is 26.7 Å². The first-order valence-corrected chi connectivity index (χ1v) is 7.35. The summed E-state index contributed by atoms with van der Waals surface area (Å²) in [6.07, 6.45) is 12.0. The van der Waals surface area contributed by atoms with E-state index in [9.17, 15) is 5.11 Å². The maximum atomic E-state index is 10.5. The van der Waals surface area contributed by atoms with E-state index in [0.717, 1.165) is 31.5 Å². The molecule has 1 rings (SSSR count). The van der Waals surface area contributed by atoms with Crippen molar-refractivity contribution in [2.75, 3.05) is 26.7 Å². The van der Waals surface area contributed by atoms with Crippen LogP contribution in [-0.2, 0) is 0 Å². The summed E-state index contributed by atoms with van der Waals surface area (Å²) in [5.74, 6) is 0. The zero-order valence-corrected chi connectivity index (χ0v) is 13.0. The number of rotatable bonds is 7. The number of nitrogens with zero attached hydrogens (tertiary/aromatic N) is 1. The fourth-order valence-corrected chi connectivity index (χ4v) is 2.42. The van der Waals surface area contributed by atoms with Crippen LogP contribution in [0.15, 0.2) is 48.2 Å². The predicted molar refractivity (Wildman–Crippen MR) is 86.5 cm³/mol. The van der Waals surface area contributed by atoms with Crippen LogP contribution in [0.25, 0.3) is 0 Å². The van der Waals surface area contributed by atoms with E-state index in [1.54, 1.807) is 0 Å². The Kier molecular flexibility index (Phi) is 6.76. The van der Waals surface area contributed by atoms with Crippen LogP contribution in [0.4, 0.5) is 0 Å². The Morgan fingerprint density at radius 2 is 2.30 bits per heavy atom. The average Bonchev–Trinajstić information content (AvgIpc) is 2.40. The van der Waals surface area contributed by atoms with Crippen molar-refractivity contribution in [3.05, 3.63) is 48.2 Å². The topological polar surface area (TPSA) is 35.5 Å². The SMILES string of the molecule is C=C/C=C1/C=CCN(CC(C)(O)CCNC)/C1=C/CC. The average molecular weight is 276 g/mol. The largest absolute Gasteiger partial charge is 0.388 e. The highest BCUT2D eigenvalue weighted by Crippen LogP contribution is 2.25. The summed E-state index contributed by atoms with van der Waals surface area (Å²) in [6.45, 7) is 10.1. The lowest BCUT2D eigenvalue weighted by Gasteiger charge is -2.36. The van der Waals surface area contributed by atoms with Crippen LogP contribution in [0.2, 0.25) is 0 Å². The molecule has 0 aromatic heterocycles. The summed E-state index contributed by atoms with van der Waals surface area (Å²) in [4.78, 5) is 2.24. The second kappa shape index (κ2) is 8.08. The first-order chi connectivity index (χ1) is 9.54. The molecule has 2 N–H and O–H groups in total. The number of nitrogens with one attached hydrogen (secondary N) is 1. The minimum atomic E-state index is -0.694. The van der Waals surface area contributed by atoms with Gasteiger partial charge in [0.05, 0.1) is 5.60 Å². The van der Waals surface area contributed by atoms with E-state index in [-0.39, 0.29) is 0 Å². The molecule has 0 saturated heterocycles. The lowest BCUT2D eigenvalue weighted by Crippen LogP contribution is -2.43. The molecule has 0 radical (unpaired) electrons. The van der Waals surface area contributed by atoms with Gasteiger partial charge in [-0.15, -0.1) is 0 Å². The van der Waals surface area contributed by atoms with E-state index in [1.807, 2.05) is 26.1 Å². The van der Waals surface area contributed by atoms with E-state index < -0.39 is 5.60 Å². The van der Waals surface area contributed by atoms with Gasteiger partial charge in [0.25, 0.3) is 0 Å². The molecule has 3 heteroatoms. The van der Waals surface area contributed by atoms with E-state index in [4.69, 9.17) is 0 Å². The monoisotopic (exact) mass is 276 g/mol. The van der Waals surface area contributed by atoms with Gasteiger partial charge in [0.2, 0.25) is 0 Å². The molecule has 3 nitrogen and oxygen atoms in total. The van der Waals surface area contributed by atoms with Crippen molar-refractivity contribution in [3.8, 4) is 0 Å².